The molecule has 0 saturated carbocycles. The first-order chi connectivity index (χ1) is 24.3. The van der Waals surface area contributed by atoms with E-state index in [0.717, 1.165) is 66.5 Å². The fraction of sp³-hybridized carbons (Fsp3) is 0. The van der Waals surface area contributed by atoms with E-state index in [-0.39, 0.29) is 0 Å². The minimum Gasteiger partial charge on any atom is -0.455 e. The number of para-hydroxylation sites is 5. The first-order valence-corrected chi connectivity index (χ1v) is 16.7. The largest absolute Gasteiger partial charge is 0.455 e. The predicted molar refractivity (Wildman–Crippen MR) is 206 cm³/mol. The number of aromatic nitrogens is 1. The predicted octanol–water partition coefficient (Wildman–Crippen LogP) is 13.0. The molecule has 0 amide bonds. The zero-order valence-corrected chi connectivity index (χ0v) is 26.6. The Morgan fingerprint density at radius 2 is 0.980 bits per heavy atom. The molecule has 230 valence electrons. The zero-order valence-electron chi connectivity index (χ0n) is 26.6. The lowest BCUT2D eigenvalue weighted by molar-refractivity contribution is 0.672. The smallest absolute Gasteiger partial charge is 0.143 e. The number of nitrogens with zero attached hydrogens (tertiary/aromatic N) is 2. The first kappa shape index (κ1) is 27.5. The van der Waals surface area contributed by atoms with E-state index in [2.05, 4.69) is 185 Å². The van der Waals surface area contributed by atoms with Crippen LogP contribution in [0.5, 0.6) is 0 Å². The molecule has 3 heteroatoms. The van der Waals surface area contributed by atoms with Gasteiger partial charge >= 0.3 is 0 Å². The normalized spacial score (nSPS) is 11.7. The quantitative estimate of drug-likeness (QED) is 0.190. The van der Waals surface area contributed by atoms with Gasteiger partial charge in [0.15, 0.2) is 0 Å². The summed E-state index contributed by atoms with van der Waals surface area (Å²) in [6.07, 6.45) is 0. The molecule has 2 aromatic heterocycles. The van der Waals surface area contributed by atoms with Gasteiger partial charge in [0.25, 0.3) is 0 Å². The van der Waals surface area contributed by atoms with Gasteiger partial charge in [-0.2, -0.15) is 0 Å². The minimum atomic E-state index is 0.902. The van der Waals surface area contributed by atoms with Crippen LogP contribution >= 0.6 is 0 Å². The second-order valence-corrected chi connectivity index (χ2v) is 12.5. The summed E-state index contributed by atoms with van der Waals surface area (Å²) in [6.45, 7) is 0. The number of fused-ring (bicyclic) bond motifs is 8. The van der Waals surface area contributed by atoms with Crippen LogP contribution in [0.15, 0.2) is 186 Å². The minimum absolute atomic E-state index is 0.902. The van der Waals surface area contributed by atoms with E-state index < -0.39 is 0 Å². The third-order valence-electron chi connectivity index (χ3n) is 9.78. The number of rotatable bonds is 5. The highest BCUT2D eigenvalue weighted by molar-refractivity contribution is 6.19. The summed E-state index contributed by atoms with van der Waals surface area (Å²) in [5.74, 6) is 0. The maximum Gasteiger partial charge on any atom is 0.143 e. The molecule has 10 aromatic rings. The van der Waals surface area contributed by atoms with Crippen LogP contribution in [-0.4, -0.2) is 4.57 Å². The van der Waals surface area contributed by atoms with E-state index >= 15 is 0 Å². The maximum absolute atomic E-state index is 6.57. The van der Waals surface area contributed by atoms with E-state index in [4.69, 9.17) is 4.42 Å². The van der Waals surface area contributed by atoms with Crippen LogP contribution in [0.1, 0.15) is 0 Å². The van der Waals surface area contributed by atoms with Crippen LogP contribution in [0.4, 0.5) is 17.1 Å². The van der Waals surface area contributed by atoms with Crippen molar-refractivity contribution in [1.29, 1.82) is 0 Å². The molecule has 0 N–H and O–H groups in total. The lowest BCUT2D eigenvalue weighted by atomic mass is 9.99. The molecule has 8 aromatic carbocycles. The van der Waals surface area contributed by atoms with Crippen LogP contribution in [0.3, 0.4) is 0 Å². The highest BCUT2D eigenvalue weighted by atomic mass is 16.3. The molecule has 0 aliphatic rings. The molecule has 0 radical (unpaired) electrons. The van der Waals surface area contributed by atoms with E-state index in [0.29, 0.717) is 0 Å². The Balaban J connectivity index is 1.35. The van der Waals surface area contributed by atoms with Gasteiger partial charge in [-0.1, -0.05) is 133 Å². The van der Waals surface area contributed by atoms with Crippen LogP contribution < -0.4 is 4.90 Å². The van der Waals surface area contributed by atoms with Crippen LogP contribution in [0.2, 0.25) is 0 Å². The molecule has 3 nitrogen and oxygen atoms in total. The van der Waals surface area contributed by atoms with Gasteiger partial charge in [0, 0.05) is 43.6 Å². The van der Waals surface area contributed by atoms with Crippen LogP contribution in [0, 0.1) is 0 Å². The molecule has 0 aliphatic heterocycles. The lowest BCUT2D eigenvalue weighted by Crippen LogP contribution is -2.13. The van der Waals surface area contributed by atoms with E-state index in [1.165, 1.54) is 21.9 Å². The summed E-state index contributed by atoms with van der Waals surface area (Å²) in [5.41, 5.74) is 10.9. The Morgan fingerprint density at radius 3 is 1.84 bits per heavy atom. The molecule has 0 atom stereocenters. The third-order valence-corrected chi connectivity index (χ3v) is 9.78. The molecular formula is C46H30N2O. The monoisotopic (exact) mass is 626 g/mol. The van der Waals surface area contributed by atoms with Gasteiger partial charge in [-0.15, -0.1) is 0 Å². The summed E-state index contributed by atoms with van der Waals surface area (Å²) >= 11 is 0. The average Bonchev–Trinajstić information content (AvgIpc) is 3.73. The van der Waals surface area contributed by atoms with Gasteiger partial charge < -0.3 is 13.9 Å². The highest BCUT2D eigenvalue weighted by Crippen LogP contribution is 2.48. The Hall–Kier alpha value is -6.58. The van der Waals surface area contributed by atoms with E-state index in [1.807, 2.05) is 6.07 Å². The molecule has 0 fully saturated rings. The van der Waals surface area contributed by atoms with Crippen LogP contribution in [-0.2, 0) is 0 Å². The van der Waals surface area contributed by atoms with Crippen LogP contribution in [0.25, 0.3) is 71.3 Å². The van der Waals surface area contributed by atoms with Crippen molar-refractivity contribution in [2.45, 2.75) is 0 Å². The molecule has 0 bridgehead atoms. The van der Waals surface area contributed by atoms with Crippen molar-refractivity contribution < 1.29 is 4.42 Å². The Labute approximate surface area is 283 Å². The van der Waals surface area contributed by atoms with Crippen molar-refractivity contribution in [2.75, 3.05) is 4.90 Å². The average molecular weight is 627 g/mol. The molecule has 10 rings (SSSR count). The summed E-state index contributed by atoms with van der Waals surface area (Å²) in [5, 5.41) is 6.90. The fourth-order valence-electron chi connectivity index (χ4n) is 7.66. The lowest BCUT2D eigenvalue weighted by Gasteiger charge is -2.30. The second kappa shape index (κ2) is 11.0. The van der Waals surface area contributed by atoms with E-state index in [1.54, 1.807) is 0 Å². The Kier molecular flexibility index (Phi) is 6.18. The zero-order chi connectivity index (χ0) is 32.3. The van der Waals surface area contributed by atoms with Gasteiger partial charge in [0.1, 0.15) is 11.2 Å². The molecule has 49 heavy (non-hydrogen) atoms. The number of hydrogen-bond donors (Lipinski definition) is 0. The van der Waals surface area contributed by atoms with Gasteiger partial charge in [0.2, 0.25) is 0 Å². The first-order valence-electron chi connectivity index (χ1n) is 16.7. The van der Waals surface area contributed by atoms with Crippen molar-refractivity contribution in [2.24, 2.45) is 0 Å². The van der Waals surface area contributed by atoms with E-state index in [9.17, 15) is 0 Å². The molecule has 2 heterocycles. The van der Waals surface area contributed by atoms with Crippen molar-refractivity contribution >= 4 is 71.6 Å². The number of anilines is 3. The molecular weight excluding hydrogens is 597 g/mol. The van der Waals surface area contributed by atoms with Gasteiger partial charge in [-0.3, -0.25) is 0 Å². The van der Waals surface area contributed by atoms with Crippen molar-refractivity contribution in [3.05, 3.63) is 182 Å². The standard InChI is InChI=1S/C46H30N2O/c1-3-15-31(16-4-1)33-19-7-10-24-40(33)48(42-26-14-23-38-35(42)29-30-39-36-21-9-12-28-44(36)49-46(38)39)43-27-13-22-37-34-20-8-11-25-41(34)47(45(37)43)32-17-5-2-6-18-32/h1-30H. The third kappa shape index (κ3) is 4.23. The maximum atomic E-state index is 6.57. The van der Waals surface area contributed by atoms with Gasteiger partial charge in [-0.05, 0) is 54.1 Å². The Morgan fingerprint density at radius 1 is 0.388 bits per heavy atom. The van der Waals surface area contributed by atoms with Gasteiger partial charge in [0.05, 0.1) is 28.1 Å². The number of benzene rings is 8. The van der Waals surface area contributed by atoms with Gasteiger partial charge in [-0.25, -0.2) is 0 Å². The molecule has 0 spiro atoms. The Bertz CT molecular complexity index is 2830. The summed E-state index contributed by atoms with van der Waals surface area (Å²) < 4.78 is 8.99. The molecule has 0 unspecified atom stereocenters. The van der Waals surface area contributed by atoms with Crippen molar-refractivity contribution in [1.82, 2.24) is 4.57 Å². The number of hydrogen-bond acceptors (Lipinski definition) is 2. The molecule has 0 saturated heterocycles. The van der Waals surface area contributed by atoms with Crippen molar-refractivity contribution in [3.8, 4) is 16.8 Å². The molecule has 0 aliphatic carbocycles. The highest BCUT2D eigenvalue weighted by Gasteiger charge is 2.25. The second-order valence-electron chi connectivity index (χ2n) is 12.5. The summed E-state index contributed by atoms with van der Waals surface area (Å²) in [6, 6.07) is 65.0. The SMILES string of the molecule is c1ccc(-c2ccccc2N(c2cccc3c2ccc2c4ccccc4oc32)c2cccc3c4ccccc4n(-c4ccccc4)c23)cc1. The fourth-order valence-corrected chi connectivity index (χ4v) is 7.66. The summed E-state index contributed by atoms with van der Waals surface area (Å²) in [4.78, 5) is 2.46. The topological polar surface area (TPSA) is 21.3 Å². The summed E-state index contributed by atoms with van der Waals surface area (Å²) in [7, 11) is 0. The number of furan rings is 1. The van der Waals surface area contributed by atoms with Crippen molar-refractivity contribution in [3.63, 3.8) is 0 Å².